The minimum Gasteiger partial charge on any atom is -0.506 e. The second-order valence-corrected chi connectivity index (χ2v) is 6.71. The maximum absolute atomic E-state index is 11.5. The van der Waals surface area contributed by atoms with E-state index >= 15 is 0 Å². The summed E-state index contributed by atoms with van der Waals surface area (Å²) in [5, 5.41) is 16.9. The number of carbonyl (C=O) groups excluding carboxylic acids is 1. The van der Waals surface area contributed by atoms with Crippen molar-refractivity contribution < 1.29 is 9.90 Å². The molecule has 0 bridgehead atoms. The Morgan fingerprint density at radius 1 is 1.22 bits per heavy atom. The lowest BCUT2D eigenvalue weighted by molar-refractivity contribution is -0.112. The van der Waals surface area contributed by atoms with Gasteiger partial charge in [-0.05, 0) is 6.07 Å². The Balaban J connectivity index is 1.62. The van der Waals surface area contributed by atoms with Crippen molar-refractivity contribution in [2.24, 2.45) is 0 Å². The Hall–Kier alpha value is -1.05. The van der Waals surface area contributed by atoms with E-state index < -0.39 is 6.17 Å². The van der Waals surface area contributed by atoms with E-state index in [1.165, 1.54) is 12.1 Å². The summed E-state index contributed by atoms with van der Waals surface area (Å²) >= 11 is 11.8. The molecule has 3 rings (SSSR count). The highest BCUT2D eigenvalue weighted by Gasteiger charge is 2.30. The predicted molar refractivity (Wildman–Crippen MR) is 91.4 cm³/mol. The Bertz CT molecular complexity index is 575. The number of piperazine rings is 1. The molecule has 23 heavy (non-hydrogen) atoms. The minimum absolute atomic E-state index is 0.0228. The fourth-order valence-electron chi connectivity index (χ4n) is 2.93. The number of aromatic hydroxyl groups is 1. The van der Waals surface area contributed by atoms with Crippen LogP contribution in [0.4, 0.5) is 5.69 Å². The molecule has 1 unspecified atom stereocenters. The Morgan fingerprint density at radius 2 is 1.87 bits per heavy atom. The second-order valence-electron chi connectivity index (χ2n) is 5.89. The molecule has 1 aromatic carbocycles. The molecule has 6 nitrogen and oxygen atoms in total. The van der Waals surface area contributed by atoms with Crippen LogP contribution < -0.4 is 10.6 Å². The summed E-state index contributed by atoms with van der Waals surface area (Å²) in [7, 11) is 0. The SMILES string of the molecule is O=CC(Nc1cc(Cl)c(Cl)cc1O)N1CCN(C2CNC2)CC1. The van der Waals surface area contributed by atoms with Crippen LogP contribution in [0.15, 0.2) is 12.1 Å². The summed E-state index contributed by atoms with van der Waals surface area (Å²) in [4.78, 5) is 16.0. The van der Waals surface area contributed by atoms with Crippen LogP contribution in [0.5, 0.6) is 5.75 Å². The predicted octanol–water partition coefficient (Wildman–Crippen LogP) is 1.23. The first-order chi connectivity index (χ1) is 11.1. The van der Waals surface area contributed by atoms with Crippen molar-refractivity contribution in [1.29, 1.82) is 0 Å². The first-order valence-corrected chi connectivity index (χ1v) is 8.42. The Kier molecular flexibility index (Phi) is 5.28. The molecule has 2 saturated heterocycles. The molecule has 0 aliphatic carbocycles. The van der Waals surface area contributed by atoms with E-state index in [-0.39, 0.29) is 10.8 Å². The maximum Gasteiger partial charge on any atom is 0.157 e. The molecule has 2 heterocycles. The van der Waals surface area contributed by atoms with Gasteiger partial charge in [-0.3, -0.25) is 14.6 Å². The van der Waals surface area contributed by atoms with E-state index in [4.69, 9.17) is 23.2 Å². The van der Waals surface area contributed by atoms with Gasteiger partial charge in [-0.25, -0.2) is 0 Å². The number of anilines is 1. The zero-order chi connectivity index (χ0) is 16.4. The molecule has 0 radical (unpaired) electrons. The fourth-order valence-corrected chi connectivity index (χ4v) is 3.26. The number of nitrogens with zero attached hydrogens (tertiary/aromatic N) is 2. The lowest BCUT2D eigenvalue weighted by Crippen LogP contribution is -2.63. The van der Waals surface area contributed by atoms with Gasteiger partial charge in [-0.15, -0.1) is 0 Å². The minimum atomic E-state index is -0.500. The van der Waals surface area contributed by atoms with Crippen LogP contribution in [-0.4, -0.2) is 72.7 Å². The third-order valence-corrected chi connectivity index (χ3v) is 5.21. The van der Waals surface area contributed by atoms with Crippen LogP contribution in [0.1, 0.15) is 0 Å². The molecule has 1 atom stereocenters. The zero-order valence-corrected chi connectivity index (χ0v) is 14.1. The van der Waals surface area contributed by atoms with Gasteiger partial charge in [0.2, 0.25) is 0 Å². The van der Waals surface area contributed by atoms with E-state index in [1.54, 1.807) is 0 Å². The molecule has 0 saturated carbocycles. The number of hydrogen-bond acceptors (Lipinski definition) is 6. The summed E-state index contributed by atoms with van der Waals surface area (Å²) in [5.41, 5.74) is 0.405. The van der Waals surface area contributed by atoms with Gasteiger partial charge in [-0.2, -0.15) is 0 Å². The number of aldehydes is 1. The monoisotopic (exact) mass is 358 g/mol. The maximum atomic E-state index is 11.5. The number of phenolic OH excluding ortho intramolecular Hbond substituents is 1. The summed E-state index contributed by atoms with van der Waals surface area (Å²) in [6, 6.07) is 3.53. The lowest BCUT2D eigenvalue weighted by atomic mass is 10.1. The highest BCUT2D eigenvalue weighted by molar-refractivity contribution is 6.42. The number of hydrogen-bond donors (Lipinski definition) is 3. The number of benzene rings is 1. The Labute approximate surface area is 145 Å². The standard InChI is InChI=1S/C15H20Cl2N4O2/c16-11-5-13(14(23)6-12(11)17)19-15(9-22)21-3-1-20(2-4-21)10-7-18-8-10/h5-6,9-10,15,18-19,23H,1-4,7-8H2. The van der Waals surface area contributed by atoms with Crippen LogP contribution >= 0.6 is 23.2 Å². The van der Waals surface area contributed by atoms with Crippen molar-refractivity contribution >= 4 is 35.2 Å². The number of carbonyl (C=O) groups is 1. The van der Waals surface area contributed by atoms with Gasteiger partial charge in [0.1, 0.15) is 11.9 Å². The number of rotatable bonds is 5. The van der Waals surface area contributed by atoms with Crippen LogP contribution in [0, 0.1) is 0 Å². The summed E-state index contributed by atoms with van der Waals surface area (Å²) in [5.74, 6) is -0.0228. The van der Waals surface area contributed by atoms with Gasteiger partial charge >= 0.3 is 0 Å². The zero-order valence-electron chi connectivity index (χ0n) is 12.6. The van der Waals surface area contributed by atoms with Crippen LogP contribution in [-0.2, 0) is 4.79 Å². The average molecular weight is 359 g/mol. The largest absolute Gasteiger partial charge is 0.506 e. The molecule has 8 heteroatoms. The molecular formula is C15H20Cl2N4O2. The molecule has 1 aromatic rings. The van der Waals surface area contributed by atoms with Crippen molar-refractivity contribution in [2.75, 3.05) is 44.6 Å². The normalized spacial score (nSPS) is 21.7. The van der Waals surface area contributed by atoms with E-state index in [0.29, 0.717) is 16.8 Å². The van der Waals surface area contributed by atoms with Crippen molar-refractivity contribution in [3.63, 3.8) is 0 Å². The number of halogens is 2. The van der Waals surface area contributed by atoms with Gasteiger partial charge in [0.05, 0.1) is 15.7 Å². The van der Waals surface area contributed by atoms with Gasteiger partial charge < -0.3 is 15.7 Å². The number of phenols is 1. The second kappa shape index (κ2) is 7.23. The van der Waals surface area contributed by atoms with E-state index in [0.717, 1.165) is 45.6 Å². The van der Waals surface area contributed by atoms with E-state index in [9.17, 15) is 9.90 Å². The van der Waals surface area contributed by atoms with Crippen molar-refractivity contribution in [2.45, 2.75) is 12.2 Å². The topological polar surface area (TPSA) is 67.8 Å². The van der Waals surface area contributed by atoms with Gasteiger partial charge in [0, 0.05) is 51.4 Å². The molecule has 2 aliphatic rings. The molecule has 0 amide bonds. The van der Waals surface area contributed by atoms with Crippen molar-refractivity contribution in [1.82, 2.24) is 15.1 Å². The summed E-state index contributed by atoms with van der Waals surface area (Å²) in [6.07, 6.45) is 0.350. The first-order valence-electron chi connectivity index (χ1n) is 7.67. The van der Waals surface area contributed by atoms with Crippen LogP contribution in [0.3, 0.4) is 0 Å². The van der Waals surface area contributed by atoms with Crippen molar-refractivity contribution in [3.8, 4) is 5.75 Å². The van der Waals surface area contributed by atoms with Crippen LogP contribution in [0.25, 0.3) is 0 Å². The fraction of sp³-hybridized carbons (Fsp3) is 0.533. The number of nitrogens with one attached hydrogen (secondary N) is 2. The summed E-state index contributed by atoms with van der Waals surface area (Å²) < 4.78 is 0. The molecular weight excluding hydrogens is 339 g/mol. The Morgan fingerprint density at radius 3 is 2.43 bits per heavy atom. The van der Waals surface area contributed by atoms with Crippen molar-refractivity contribution in [3.05, 3.63) is 22.2 Å². The quantitative estimate of drug-likeness (QED) is 0.543. The van der Waals surface area contributed by atoms with Gasteiger partial charge in [-0.1, -0.05) is 23.2 Å². The first kappa shape index (κ1) is 16.8. The molecule has 2 aliphatic heterocycles. The molecule has 0 aromatic heterocycles. The molecule has 0 spiro atoms. The summed E-state index contributed by atoms with van der Waals surface area (Å²) in [6.45, 7) is 5.57. The lowest BCUT2D eigenvalue weighted by Gasteiger charge is -2.44. The smallest absolute Gasteiger partial charge is 0.157 e. The molecule has 126 valence electrons. The van der Waals surface area contributed by atoms with E-state index in [1.807, 2.05) is 0 Å². The highest BCUT2D eigenvalue weighted by atomic mass is 35.5. The molecule has 2 fully saturated rings. The van der Waals surface area contributed by atoms with Gasteiger partial charge in [0.25, 0.3) is 0 Å². The average Bonchev–Trinajstić information content (AvgIpc) is 2.49. The van der Waals surface area contributed by atoms with E-state index in [2.05, 4.69) is 20.4 Å². The third-order valence-electron chi connectivity index (χ3n) is 4.49. The highest BCUT2D eigenvalue weighted by Crippen LogP contribution is 2.33. The van der Waals surface area contributed by atoms with Crippen LogP contribution in [0.2, 0.25) is 10.0 Å². The van der Waals surface area contributed by atoms with Gasteiger partial charge in [0.15, 0.2) is 6.29 Å². The molecule has 3 N–H and O–H groups in total. The third kappa shape index (κ3) is 3.72.